The number of benzene rings is 1. The predicted molar refractivity (Wildman–Crippen MR) is 81.2 cm³/mol. The molecule has 1 aromatic rings. The normalized spacial score (nSPS) is 22.8. The van der Waals surface area contributed by atoms with Crippen LogP contribution < -0.4 is 0 Å². The Morgan fingerprint density at radius 2 is 2.16 bits per heavy atom. The number of nitrogens with zero attached hydrogens (tertiary/aromatic N) is 1. The molecule has 0 N–H and O–H groups in total. The van der Waals surface area contributed by atoms with E-state index < -0.39 is 0 Å². The number of rotatable bonds is 6. The highest BCUT2D eigenvalue weighted by Crippen LogP contribution is 2.32. The van der Waals surface area contributed by atoms with E-state index in [9.17, 15) is 4.79 Å². The highest BCUT2D eigenvalue weighted by Gasteiger charge is 2.38. The number of thioether (sulfide) groups is 1. The summed E-state index contributed by atoms with van der Waals surface area (Å²) >= 11 is 1.85. The SMILES string of the molecule is C=CCN1C[C@H](CSc2ccccc2)[C@H](CC)C1=O. The van der Waals surface area contributed by atoms with Gasteiger partial charge in [-0.25, -0.2) is 0 Å². The first-order valence-corrected chi connectivity index (χ1v) is 7.82. The van der Waals surface area contributed by atoms with Crippen LogP contribution in [0.15, 0.2) is 47.9 Å². The standard InChI is InChI=1S/C16H21NOS/c1-3-10-17-11-13(15(4-2)16(17)18)12-19-14-8-6-5-7-9-14/h3,5-9,13,15H,1,4,10-12H2,2H3/t13-,15+/m1/s1. The van der Waals surface area contributed by atoms with E-state index in [2.05, 4.69) is 37.8 Å². The van der Waals surface area contributed by atoms with Crippen LogP contribution in [0.4, 0.5) is 0 Å². The highest BCUT2D eigenvalue weighted by atomic mass is 32.2. The molecule has 0 radical (unpaired) electrons. The fraction of sp³-hybridized carbons (Fsp3) is 0.438. The molecule has 1 amide bonds. The summed E-state index contributed by atoms with van der Waals surface area (Å²) in [5.74, 6) is 1.97. The van der Waals surface area contributed by atoms with Gasteiger partial charge in [0.2, 0.25) is 5.91 Å². The van der Waals surface area contributed by atoms with Crippen molar-refractivity contribution in [1.82, 2.24) is 4.90 Å². The maximum absolute atomic E-state index is 12.2. The van der Waals surface area contributed by atoms with Crippen LogP contribution in [0.5, 0.6) is 0 Å². The number of carbonyl (C=O) groups is 1. The summed E-state index contributed by atoms with van der Waals surface area (Å²) in [6, 6.07) is 10.4. The molecule has 2 atom stereocenters. The van der Waals surface area contributed by atoms with Crippen molar-refractivity contribution >= 4 is 17.7 Å². The lowest BCUT2D eigenvalue weighted by atomic mass is 9.95. The van der Waals surface area contributed by atoms with Crippen molar-refractivity contribution in [3.63, 3.8) is 0 Å². The lowest BCUT2D eigenvalue weighted by molar-refractivity contribution is -0.130. The van der Waals surface area contributed by atoms with Gasteiger partial charge in [-0.05, 0) is 24.5 Å². The number of carbonyl (C=O) groups excluding carboxylic acids is 1. The molecule has 0 aromatic heterocycles. The Hall–Kier alpha value is -1.22. The molecular weight excluding hydrogens is 254 g/mol. The van der Waals surface area contributed by atoms with Gasteiger partial charge in [0.05, 0.1) is 0 Å². The number of hydrogen-bond acceptors (Lipinski definition) is 2. The van der Waals surface area contributed by atoms with E-state index in [-0.39, 0.29) is 5.92 Å². The van der Waals surface area contributed by atoms with Crippen molar-refractivity contribution in [2.75, 3.05) is 18.8 Å². The minimum Gasteiger partial charge on any atom is -0.338 e. The highest BCUT2D eigenvalue weighted by molar-refractivity contribution is 7.99. The lowest BCUT2D eigenvalue weighted by Gasteiger charge is -2.14. The fourth-order valence-corrected chi connectivity index (χ4v) is 3.75. The lowest BCUT2D eigenvalue weighted by Crippen LogP contribution is -2.27. The molecule has 0 aliphatic carbocycles. The second kappa shape index (κ2) is 6.80. The minimum absolute atomic E-state index is 0.191. The van der Waals surface area contributed by atoms with Gasteiger partial charge >= 0.3 is 0 Å². The number of likely N-dealkylation sites (tertiary alicyclic amines) is 1. The van der Waals surface area contributed by atoms with E-state index in [4.69, 9.17) is 0 Å². The summed E-state index contributed by atoms with van der Waals surface area (Å²) in [5, 5.41) is 0. The van der Waals surface area contributed by atoms with Crippen molar-refractivity contribution < 1.29 is 4.79 Å². The molecule has 0 unspecified atom stereocenters. The molecule has 102 valence electrons. The van der Waals surface area contributed by atoms with Crippen LogP contribution in [0.2, 0.25) is 0 Å². The molecule has 3 heteroatoms. The fourth-order valence-electron chi connectivity index (χ4n) is 2.65. The maximum Gasteiger partial charge on any atom is 0.226 e. The molecule has 1 aliphatic rings. The van der Waals surface area contributed by atoms with Gasteiger partial charge in [0.15, 0.2) is 0 Å². The zero-order valence-electron chi connectivity index (χ0n) is 11.4. The molecule has 0 spiro atoms. The van der Waals surface area contributed by atoms with Crippen molar-refractivity contribution in [3.05, 3.63) is 43.0 Å². The first-order chi connectivity index (χ1) is 9.26. The summed E-state index contributed by atoms with van der Waals surface area (Å²) in [5.41, 5.74) is 0. The van der Waals surface area contributed by atoms with Gasteiger partial charge in [-0.2, -0.15) is 0 Å². The van der Waals surface area contributed by atoms with Gasteiger partial charge < -0.3 is 4.90 Å². The van der Waals surface area contributed by atoms with Gasteiger partial charge in [-0.3, -0.25) is 4.79 Å². The zero-order chi connectivity index (χ0) is 13.7. The van der Waals surface area contributed by atoms with Crippen LogP contribution in [0.3, 0.4) is 0 Å². The molecule has 0 bridgehead atoms. The van der Waals surface area contributed by atoms with Crippen molar-refractivity contribution in [2.45, 2.75) is 18.2 Å². The van der Waals surface area contributed by atoms with E-state index in [1.807, 2.05) is 28.8 Å². The Kier molecular flexibility index (Phi) is 5.08. The van der Waals surface area contributed by atoms with Crippen LogP contribution in [-0.4, -0.2) is 29.6 Å². The second-order valence-corrected chi connectivity index (χ2v) is 6.02. The van der Waals surface area contributed by atoms with E-state index in [1.54, 1.807) is 0 Å². The Balaban J connectivity index is 1.95. The third kappa shape index (κ3) is 3.41. The number of amides is 1. The molecule has 1 fully saturated rings. The minimum atomic E-state index is 0.191. The third-order valence-electron chi connectivity index (χ3n) is 3.65. The van der Waals surface area contributed by atoms with Crippen molar-refractivity contribution in [3.8, 4) is 0 Å². The molecule has 1 aromatic carbocycles. The van der Waals surface area contributed by atoms with E-state index in [0.29, 0.717) is 18.4 Å². The van der Waals surface area contributed by atoms with E-state index in [0.717, 1.165) is 18.7 Å². The number of hydrogen-bond donors (Lipinski definition) is 0. The molecular formula is C16H21NOS. The maximum atomic E-state index is 12.2. The Morgan fingerprint density at radius 1 is 1.42 bits per heavy atom. The summed E-state index contributed by atoms with van der Waals surface area (Å²) in [4.78, 5) is 15.4. The van der Waals surface area contributed by atoms with Crippen LogP contribution in [0, 0.1) is 11.8 Å². The topological polar surface area (TPSA) is 20.3 Å². The van der Waals surface area contributed by atoms with Crippen LogP contribution in [0.25, 0.3) is 0 Å². The molecule has 1 aliphatic heterocycles. The first-order valence-electron chi connectivity index (χ1n) is 6.83. The zero-order valence-corrected chi connectivity index (χ0v) is 12.2. The monoisotopic (exact) mass is 275 g/mol. The summed E-state index contributed by atoms with van der Waals surface area (Å²) < 4.78 is 0. The Morgan fingerprint density at radius 3 is 2.79 bits per heavy atom. The predicted octanol–water partition coefficient (Wildman–Crippen LogP) is 3.45. The van der Waals surface area contributed by atoms with Gasteiger partial charge in [0, 0.05) is 29.7 Å². The quantitative estimate of drug-likeness (QED) is 0.585. The van der Waals surface area contributed by atoms with Gasteiger partial charge in [0.25, 0.3) is 0 Å². The molecule has 1 heterocycles. The summed E-state index contributed by atoms with van der Waals surface area (Å²) in [6.07, 6.45) is 2.75. The van der Waals surface area contributed by atoms with Crippen molar-refractivity contribution in [1.29, 1.82) is 0 Å². The average molecular weight is 275 g/mol. The second-order valence-electron chi connectivity index (χ2n) is 4.93. The first kappa shape index (κ1) is 14.2. The van der Waals surface area contributed by atoms with Gasteiger partial charge in [0.1, 0.15) is 0 Å². The smallest absolute Gasteiger partial charge is 0.226 e. The van der Waals surface area contributed by atoms with Crippen LogP contribution >= 0.6 is 11.8 Å². The largest absolute Gasteiger partial charge is 0.338 e. The Labute approximate surface area is 119 Å². The summed E-state index contributed by atoms with van der Waals surface area (Å²) in [7, 11) is 0. The Bertz CT molecular complexity index is 432. The molecule has 2 rings (SSSR count). The average Bonchev–Trinajstić information content (AvgIpc) is 2.74. The van der Waals surface area contributed by atoms with Gasteiger partial charge in [-0.1, -0.05) is 31.2 Å². The molecule has 2 nitrogen and oxygen atoms in total. The molecule has 19 heavy (non-hydrogen) atoms. The third-order valence-corrected chi connectivity index (χ3v) is 4.85. The molecule has 1 saturated heterocycles. The van der Waals surface area contributed by atoms with E-state index >= 15 is 0 Å². The summed E-state index contributed by atoms with van der Waals surface area (Å²) in [6.45, 7) is 7.40. The van der Waals surface area contributed by atoms with E-state index in [1.165, 1.54) is 4.90 Å². The van der Waals surface area contributed by atoms with Crippen molar-refractivity contribution in [2.24, 2.45) is 11.8 Å². The van der Waals surface area contributed by atoms with Crippen LogP contribution in [0.1, 0.15) is 13.3 Å². The van der Waals surface area contributed by atoms with Gasteiger partial charge in [-0.15, -0.1) is 18.3 Å². The van der Waals surface area contributed by atoms with Crippen LogP contribution in [-0.2, 0) is 4.79 Å². The molecule has 0 saturated carbocycles.